The molecule has 7 heteroatoms. The van der Waals surface area contributed by atoms with Gasteiger partial charge < -0.3 is 31.2 Å². The van der Waals surface area contributed by atoms with Gasteiger partial charge in [-0.25, -0.2) is 9.57 Å². The maximum Gasteiger partial charge on any atom is 0.217 e. The van der Waals surface area contributed by atoms with Gasteiger partial charge in [-0.1, -0.05) is 11.6 Å². The molecule has 0 amide bonds. The van der Waals surface area contributed by atoms with E-state index in [4.69, 9.17) is 30.8 Å². The standard InChI is InChI=1S/C26H24ClN2O3.BrH/c1-30-19-7-4-16(5-8-19)23-15-29-11-10-17-12-24(31-2)25(32-3)14-20(17)26(29)21-13-18(27)6-9-22(21)28-23;/h4-9,12-14H,10-11,15H2,1-3H3;1H/q+1;/p-1. The average molecular weight is 528 g/mol. The van der Waals surface area contributed by atoms with Crippen LogP contribution in [0.25, 0.3) is 0 Å². The highest BCUT2D eigenvalue weighted by Crippen LogP contribution is 2.37. The van der Waals surface area contributed by atoms with Crippen molar-refractivity contribution in [1.82, 2.24) is 0 Å². The largest absolute Gasteiger partial charge is 1.00 e. The monoisotopic (exact) mass is 526 g/mol. The summed E-state index contributed by atoms with van der Waals surface area (Å²) in [6.45, 7) is 1.57. The lowest BCUT2D eigenvalue weighted by molar-refractivity contribution is -0.512. The third-order valence-electron chi connectivity index (χ3n) is 6.06. The number of nitrogens with zero attached hydrogens (tertiary/aromatic N) is 2. The van der Waals surface area contributed by atoms with Gasteiger partial charge >= 0.3 is 0 Å². The van der Waals surface area contributed by atoms with Crippen molar-refractivity contribution in [2.24, 2.45) is 4.99 Å². The molecular formula is C26H24BrClN2O3. The summed E-state index contributed by atoms with van der Waals surface area (Å²) in [5.74, 6) is 2.29. The van der Waals surface area contributed by atoms with Crippen LogP contribution in [0.2, 0.25) is 5.02 Å². The number of methoxy groups -OCH3 is 3. The average Bonchev–Trinajstić information content (AvgIpc) is 2.99. The normalized spacial score (nSPS) is 14.1. The first-order valence-corrected chi connectivity index (χ1v) is 10.9. The fourth-order valence-corrected chi connectivity index (χ4v) is 4.63. The predicted molar refractivity (Wildman–Crippen MR) is 127 cm³/mol. The van der Waals surface area contributed by atoms with E-state index >= 15 is 0 Å². The summed E-state index contributed by atoms with van der Waals surface area (Å²) in [6, 6.07) is 18.1. The second kappa shape index (κ2) is 9.57. The molecule has 170 valence electrons. The Morgan fingerprint density at radius 1 is 0.848 bits per heavy atom. The third kappa shape index (κ3) is 4.25. The van der Waals surface area contributed by atoms with Gasteiger partial charge in [-0.15, -0.1) is 0 Å². The number of halogens is 2. The molecule has 0 saturated carbocycles. The molecule has 3 aromatic carbocycles. The Morgan fingerprint density at radius 3 is 2.27 bits per heavy atom. The van der Waals surface area contributed by atoms with Crippen LogP contribution < -0.4 is 31.2 Å². The molecule has 2 heterocycles. The van der Waals surface area contributed by atoms with Crippen LogP contribution in [0.5, 0.6) is 17.2 Å². The van der Waals surface area contributed by atoms with Gasteiger partial charge in [0, 0.05) is 17.0 Å². The maximum absolute atomic E-state index is 6.44. The van der Waals surface area contributed by atoms with Crippen molar-refractivity contribution < 1.29 is 35.8 Å². The first kappa shape index (κ1) is 23.3. The third-order valence-corrected chi connectivity index (χ3v) is 6.30. The minimum atomic E-state index is 0. The number of rotatable bonds is 4. The van der Waals surface area contributed by atoms with E-state index in [-0.39, 0.29) is 17.0 Å². The fourth-order valence-electron chi connectivity index (χ4n) is 4.46. The summed E-state index contributed by atoms with van der Waals surface area (Å²) in [4.78, 5) is 5.08. The van der Waals surface area contributed by atoms with Crippen molar-refractivity contribution in [2.75, 3.05) is 34.4 Å². The van der Waals surface area contributed by atoms with E-state index in [1.54, 1.807) is 21.3 Å². The van der Waals surface area contributed by atoms with Crippen LogP contribution in [-0.2, 0) is 6.42 Å². The summed E-state index contributed by atoms with van der Waals surface area (Å²) in [6.07, 6.45) is 0.908. The Bertz CT molecular complexity index is 1270. The Hall–Kier alpha value is -2.83. The number of aliphatic imine (C=N–C) groups is 1. The highest BCUT2D eigenvalue weighted by molar-refractivity contribution is 6.31. The number of ether oxygens (including phenoxy) is 3. The van der Waals surface area contributed by atoms with Gasteiger partial charge in [0.15, 0.2) is 18.0 Å². The quantitative estimate of drug-likeness (QED) is 0.487. The Balaban J connectivity index is 0.00000259. The van der Waals surface area contributed by atoms with Crippen molar-refractivity contribution in [3.8, 4) is 17.2 Å². The zero-order valence-corrected chi connectivity index (χ0v) is 21.0. The van der Waals surface area contributed by atoms with E-state index in [2.05, 4.69) is 28.8 Å². The summed E-state index contributed by atoms with van der Waals surface area (Å²) in [7, 11) is 5.01. The first-order valence-electron chi connectivity index (χ1n) is 10.5. The minimum absolute atomic E-state index is 0. The topological polar surface area (TPSA) is 43.1 Å². The van der Waals surface area contributed by atoms with E-state index in [1.165, 1.54) is 5.56 Å². The van der Waals surface area contributed by atoms with Crippen molar-refractivity contribution in [3.05, 3.63) is 81.9 Å². The van der Waals surface area contributed by atoms with E-state index in [0.29, 0.717) is 17.3 Å². The number of hydrogen-bond acceptors (Lipinski definition) is 4. The smallest absolute Gasteiger partial charge is 0.217 e. The van der Waals surface area contributed by atoms with Crippen molar-refractivity contribution in [2.45, 2.75) is 6.42 Å². The summed E-state index contributed by atoms with van der Waals surface area (Å²) >= 11 is 6.44. The Morgan fingerprint density at radius 2 is 1.58 bits per heavy atom. The maximum atomic E-state index is 6.44. The van der Waals surface area contributed by atoms with Gasteiger partial charge in [0.05, 0.1) is 38.1 Å². The molecule has 33 heavy (non-hydrogen) atoms. The minimum Gasteiger partial charge on any atom is -1.00 e. The highest BCUT2D eigenvalue weighted by atomic mass is 79.9. The summed E-state index contributed by atoms with van der Waals surface area (Å²) in [5, 5.41) is 0.687. The molecule has 0 fully saturated rings. The second-order valence-electron chi connectivity index (χ2n) is 7.83. The molecule has 0 radical (unpaired) electrons. The van der Waals surface area contributed by atoms with Crippen LogP contribution in [0.15, 0.2) is 59.6 Å². The van der Waals surface area contributed by atoms with Crippen molar-refractivity contribution >= 4 is 28.7 Å². The van der Waals surface area contributed by atoms with Crippen molar-refractivity contribution in [3.63, 3.8) is 0 Å². The molecule has 2 aliphatic heterocycles. The predicted octanol–water partition coefficient (Wildman–Crippen LogP) is 1.91. The zero-order chi connectivity index (χ0) is 22.2. The molecule has 0 aliphatic carbocycles. The van der Waals surface area contributed by atoms with E-state index in [9.17, 15) is 0 Å². The molecule has 0 unspecified atom stereocenters. The fraction of sp³-hybridized carbons (Fsp3) is 0.231. The first-order chi connectivity index (χ1) is 15.6. The van der Waals surface area contributed by atoms with Gasteiger partial charge in [-0.3, -0.25) is 0 Å². The molecule has 0 N–H and O–H groups in total. The molecule has 0 atom stereocenters. The van der Waals surface area contributed by atoms with Crippen LogP contribution in [-0.4, -0.2) is 50.4 Å². The molecule has 5 nitrogen and oxygen atoms in total. The van der Waals surface area contributed by atoms with Gasteiger partial charge in [0.25, 0.3) is 0 Å². The van der Waals surface area contributed by atoms with Crippen LogP contribution in [0.3, 0.4) is 0 Å². The summed E-state index contributed by atoms with van der Waals surface area (Å²) in [5.41, 5.74) is 7.49. The second-order valence-corrected chi connectivity index (χ2v) is 8.27. The number of fused-ring (bicyclic) bond motifs is 4. The van der Waals surface area contributed by atoms with E-state index in [1.807, 2.05) is 30.3 Å². The highest BCUT2D eigenvalue weighted by Gasteiger charge is 2.33. The molecule has 0 aromatic heterocycles. The Labute approximate surface area is 209 Å². The molecule has 3 aromatic rings. The molecule has 5 rings (SSSR count). The SMILES string of the molecule is COc1ccc(C2=Nc3ccc(Cl)cc3C3=[N+](CCc4cc(OC)c(OC)cc43)C2)cc1.[Br-]. The summed E-state index contributed by atoms with van der Waals surface area (Å²) < 4.78 is 18.9. The lowest BCUT2D eigenvalue weighted by Crippen LogP contribution is -3.00. The molecule has 0 bridgehead atoms. The van der Waals surface area contributed by atoms with E-state index < -0.39 is 0 Å². The Kier molecular flexibility index (Phi) is 6.77. The lowest BCUT2D eigenvalue weighted by Gasteiger charge is -2.20. The van der Waals surface area contributed by atoms with Gasteiger partial charge in [0.2, 0.25) is 5.71 Å². The van der Waals surface area contributed by atoms with Gasteiger partial charge in [-0.2, -0.15) is 0 Å². The van der Waals surface area contributed by atoms with Gasteiger partial charge in [-0.05, 0) is 60.2 Å². The molecule has 0 saturated heterocycles. The van der Waals surface area contributed by atoms with Crippen LogP contribution in [0, 0.1) is 0 Å². The molecule has 2 aliphatic rings. The lowest BCUT2D eigenvalue weighted by atomic mass is 9.91. The molecular weight excluding hydrogens is 504 g/mol. The van der Waals surface area contributed by atoms with Gasteiger partial charge in [0.1, 0.15) is 18.0 Å². The van der Waals surface area contributed by atoms with E-state index in [0.717, 1.165) is 58.3 Å². The molecule has 0 spiro atoms. The number of hydrogen-bond donors (Lipinski definition) is 0. The van der Waals surface area contributed by atoms with Crippen LogP contribution >= 0.6 is 11.6 Å². The van der Waals surface area contributed by atoms with Crippen LogP contribution in [0.4, 0.5) is 5.69 Å². The van der Waals surface area contributed by atoms with Crippen LogP contribution in [0.1, 0.15) is 22.3 Å². The van der Waals surface area contributed by atoms with Crippen molar-refractivity contribution in [1.29, 1.82) is 0 Å². The number of benzene rings is 3. The zero-order valence-electron chi connectivity index (χ0n) is 18.7.